The zero-order chi connectivity index (χ0) is 17.6. The van der Waals surface area contributed by atoms with E-state index < -0.39 is 0 Å². The van der Waals surface area contributed by atoms with Gasteiger partial charge in [0.25, 0.3) is 0 Å². The van der Waals surface area contributed by atoms with Crippen LogP contribution in [0.2, 0.25) is 0 Å². The van der Waals surface area contributed by atoms with E-state index in [9.17, 15) is 5.26 Å². The minimum Gasteiger partial charge on any atom is -0.493 e. The molecule has 3 aromatic rings. The number of nitrogens with zero attached hydrogens (tertiary/aromatic N) is 2. The van der Waals surface area contributed by atoms with Gasteiger partial charge in [-0.2, -0.15) is 5.26 Å². The van der Waals surface area contributed by atoms with E-state index in [4.69, 9.17) is 16.2 Å². The molecule has 0 spiro atoms. The van der Waals surface area contributed by atoms with Crippen molar-refractivity contribution in [2.75, 3.05) is 23.6 Å². The Morgan fingerprint density at radius 2 is 2.16 bits per heavy atom. The van der Waals surface area contributed by atoms with E-state index >= 15 is 0 Å². The van der Waals surface area contributed by atoms with Gasteiger partial charge in [0.1, 0.15) is 11.8 Å². The van der Waals surface area contributed by atoms with Crippen LogP contribution in [0.1, 0.15) is 12.0 Å². The average Bonchev–Trinajstić information content (AvgIpc) is 3.03. The highest BCUT2D eigenvalue weighted by Crippen LogP contribution is 2.33. The first-order chi connectivity index (χ1) is 12.2. The maximum absolute atomic E-state index is 9.19. The number of nitriles is 1. The van der Waals surface area contributed by atoms with Crippen LogP contribution in [0.25, 0.3) is 10.2 Å². The number of anilines is 2. The first kappa shape index (κ1) is 17.4. The van der Waals surface area contributed by atoms with Crippen molar-refractivity contribution in [1.82, 2.24) is 4.98 Å². The molecule has 6 nitrogen and oxygen atoms in total. The van der Waals surface area contributed by atoms with Crippen LogP contribution >= 0.6 is 23.3 Å². The van der Waals surface area contributed by atoms with Gasteiger partial charge in [-0.1, -0.05) is 11.3 Å². The molecular weight excluding hydrogens is 354 g/mol. The summed E-state index contributed by atoms with van der Waals surface area (Å²) in [5, 5.41) is 9.96. The van der Waals surface area contributed by atoms with Gasteiger partial charge in [-0.3, -0.25) is 0 Å². The highest BCUT2D eigenvalue weighted by molar-refractivity contribution is 8.00. The summed E-state index contributed by atoms with van der Waals surface area (Å²) in [5.41, 5.74) is 13.2. The van der Waals surface area contributed by atoms with Gasteiger partial charge in [0.15, 0.2) is 5.13 Å². The third-order valence-electron chi connectivity index (χ3n) is 3.35. The molecule has 8 heteroatoms. The van der Waals surface area contributed by atoms with E-state index in [1.165, 1.54) is 23.3 Å². The topological polar surface area (TPSA) is 110 Å². The first-order valence-electron chi connectivity index (χ1n) is 7.65. The van der Waals surface area contributed by atoms with E-state index in [0.29, 0.717) is 24.4 Å². The zero-order valence-corrected chi connectivity index (χ0v) is 15.0. The van der Waals surface area contributed by atoms with Crippen LogP contribution in [0, 0.1) is 11.3 Å². The van der Waals surface area contributed by atoms with Crippen molar-refractivity contribution in [2.24, 2.45) is 5.73 Å². The Balaban J connectivity index is 1.71. The quantitative estimate of drug-likeness (QED) is 0.331. The molecule has 0 aliphatic heterocycles. The van der Waals surface area contributed by atoms with Crippen molar-refractivity contribution in [2.45, 2.75) is 11.3 Å². The highest BCUT2D eigenvalue weighted by atomic mass is 32.2. The molecule has 1 aromatic heterocycles. The number of benzene rings is 2. The second-order valence-corrected chi connectivity index (χ2v) is 7.09. The van der Waals surface area contributed by atoms with E-state index in [-0.39, 0.29) is 0 Å². The molecule has 2 aromatic carbocycles. The fourth-order valence-corrected chi connectivity index (χ4v) is 3.77. The molecule has 0 atom stereocenters. The second kappa shape index (κ2) is 8.07. The Hall–Kier alpha value is -2.47. The number of hydrogen-bond acceptors (Lipinski definition) is 8. The van der Waals surface area contributed by atoms with Crippen LogP contribution < -0.4 is 20.9 Å². The molecule has 0 radical (unpaired) electrons. The number of ether oxygens (including phenoxy) is 1. The summed E-state index contributed by atoms with van der Waals surface area (Å²) in [6, 6.07) is 13.2. The number of aromatic nitrogens is 1. The van der Waals surface area contributed by atoms with Gasteiger partial charge in [0.05, 0.1) is 22.4 Å². The summed E-state index contributed by atoms with van der Waals surface area (Å²) in [6.07, 6.45) is 0.826. The SMILES string of the molecule is N#Cc1cc(N)ccc1SNc1nc2ccc(OCCCN)cc2s1. The molecule has 0 amide bonds. The molecule has 3 rings (SSSR count). The fourth-order valence-electron chi connectivity index (χ4n) is 2.13. The van der Waals surface area contributed by atoms with Gasteiger partial charge >= 0.3 is 0 Å². The first-order valence-corrected chi connectivity index (χ1v) is 9.29. The standard InChI is InChI=1S/C17H17N5OS2/c18-6-1-7-23-13-3-4-14-16(9-13)24-17(21-14)22-25-15-5-2-12(20)8-11(15)10-19/h2-5,8-9H,1,6-7,18,20H2,(H,21,22). The Labute approximate surface area is 153 Å². The lowest BCUT2D eigenvalue weighted by Crippen LogP contribution is -2.05. The van der Waals surface area contributed by atoms with Crippen LogP contribution in [0.15, 0.2) is 41.3 Å². The third-order valence-corrected chi connectivity index (χ3v) is 5.28. The largest absolute Gasteiger partial charge is 0.493 e. The highest BCUT2D eigenvalue weighted by Gasteiger charge is 2.08. The normalized spacial score (nSPS) is 10.6. The number of nitrogen functional groups attached to an aromatic ring is 1. The lowest BCUT2D eigenvalue weighted by molar-refractivity contribution is 0.314. The monoisotopic (exact) mass is 371 g/mol. The molecule has 0 bridgehead atoms. The predicted molar refractivity (Wildman–Crippen MR) is 104 cm³/mol. The molecular formula is C17H17N5OS2. The van der Waals surface area contributed by atoms with Crippen LogP contribution in [-0.2, 0) is 0 Å². The lowest BCUT2D eigenvalue weighted by Gasteiger charge is -2.04. The van der Waals surface area contributed by atoms with Crippen molar-refractivity contribution in [3.05, 3.63) is 42.0 Å². The fraction of sp³-hybridized carbons (Fsp3) is 0.176. The molecule has 25 heavy (non-hydrogen) atoms. The third kappa shape index (κ3) is 4.33. The van der Waals surface area contributed by atoms with Crippen molar-refractivity contribution in [1.29, 1.82) is 5.26 Å². The van der Waals surface area contributed by atoms with Crippen molar-refractivity contribution < 1.29 is 4.74 Å². The van der Waals surface area contributed by atoms with Gasteiger partial charge in [-0.25, -0.2) is 4.98 Å². The summed E-state index contributed by atoms with van der Waals surface area (Å²) in [5.74, 6) is 0.814. The van der Waals surface area contributed by atoms with Gasteiger partial charge in [0, 0.05) is 10.6 Å². The smallest absolute Gasteiger partial charge is 0.194 e. The molecule has 5 N–H and O–H groups in total. The predicted octanol–water partition coefficient (Wildman–Crippen LogP) is 3.60. The van der Waals surface area contributed by atoms with E-state index in [1.54, 1.807) is 12.1 Å². The summed E-state index contributed by atoms with van der Waals surface area (Å²) < 4.78 is 9.88. The number of nitrogens with one attached hydrogen (secondary N) is 1. The van der Waals surface area contributed by atoms with Gasteiger partial charge in [-0.05, 0) is 61.3 Å². The second-order valence-electron chi connectivity index (χ2n) is 5.21. The molecule has 0 saturated heterocycles. The average molecular weight is 371 g/mol. The summed E-state index contributed by atoms with van der Waals surface area (Å²) in [4.78, 5) is 5.35. The zero-order valence-electron chi connectivity index (χ0n) is 13.4. The Kier molecular flexibility index (Phi) is 5.60. The Morgan fingerprint density at radius 1 is 1.28 bits per heavy atom. The van der Waals surface area contributed by atoms with Crippen LogP contribution in [-0.4, -0.2) is 18.1 Å². The van der Waals surface area contributed by atoms with E-state index in [0.717, 1.165) is 32.4 Å². The minimum atomic E-state index is 0.536. The molecule has 128 valence electrons. The maximum Gasteiger partial charge on any atom is 0.194 e. The maximum atomic E-state index is 9.19. The molecule has 0 unspecified atom stereocenters. The van der Waals surface area contributed by atoms with E-state index in [2.05, 4.69) is 15.8 Å². The van der Waals surface area contributed by atoms with Gasteiger partial charge < -0.3 is 20.9 Å². The summed E-state index contributed by atoms with van der Waals surface area (Å²) in [6.45, 7) is 1.22. The van der Waals surface area contributed by atoms with Crippen molar-refractivity contribution in [3.8, 4) is 11.8 Å². The summed E-state index contributed by atoms with van der Waals surface area (Å²) >= 11 is 2.88. The molecule has 0 aliphatic carbocycles. The van der Waals surface area contributed by atoms with Crippen LogP contribution in [0.5, 0.6) is 5.75 Å². The van der Waals surface area contributed by atoms with Crippen molar-refractivity contribution in [3.63, 3.8) is 0 Å². The number of hydrogen-bond donors (Lipinski definition) is 3. The molecule has 0 aliphatic rings. The Morgan fingerprint density at radius 3 is 2.96 bits per heavy atom. The molecule has 0 saturated carbocycles. The van der Waals surface area contributed by atoms with Crippen molar-refractivity contribution >= 4 is 44.3 Å². The van der Waals surface area contributed by atoms with E-state index in [1.807, 2.05) is 24.3 Å². The minimum absolute atomic E-state index is 0.536. The summed E-state index contributed by atoms with van der Waals surface area (Å²) in [7, 11) is 0. The number of thiazole rings is 1. The molecule has 0 fully saturated rings. The van der Waals surface area contributed by atoms with Gasteiger partial charge in [0.2, 0.25) is 0 Å². The molecule has 1 heterocycles. The lowest BCUT2D eigenvalue weighted by atomic mass is 10.2. The number of nitrogens with two attached hydrogens (primary N) is 2. The number of rotatable bonds is 7. The van der Waals surface area contributed by atoms with Crippen LogP contribution in [0.4, 0.5) is 10.8 Å². The number of fused-ring (bicyclic) bond motifs is 1. The van der Waals surface area contributed by atoms with Gasteiger partial charge in [-0.15, -0.1) is 0 Å². The van der Waals surface area contributed by atoms with Crippen LogP contribution in [0.3, 0.4) is 0 Å². The Bertz CT molecular complexity index is 919.